The van der Waals surface area contributed by atoms with E-state index in [1.165, 1.54) is 44.6 Å². The first-order valence-corrected chi connectivity index (χ1v) is 20.2. The topological polar surface area (TPSA) is 150 Å². The van der Waals surface area contributed by atoms with Crippen molar-refractivity contribution >= 4 is 11.9 Å². The van der Waals surface area contributed by atoms with Gasteiger partial charge in [0.1, 0.15) is 23.0 Å². The predicted octanol–water partition coefficient (Wildman–Crippen LogP) is 10.2. The number of ether oxygens (including phenoxy) is 4. The summed E-state index contributed by atoms with van der Waals surface area (Å²) in [5, 5.41) is 22.2. The first-order chi connectivity index (χ1) is 27.0. The van der Waals surface area contributed by atoms with Crippen LogP contribution in [0.15, 0.2) is 54.6 Å². The summed E-state index contributed by atoms with van der Waals surface area (Å²) in [5.41, 5.74) is 2.81. The molecule has 0 spiro atoms. The van der Waals surface area contributed by atoms with E-state index >= 15 is 0 Å². The van der Waals surface area contributed by atoms with Gasteiger partial charge in [-0.15, -0.1) is 0 Å². The highest BCUT2D eigenvalue weighted by atomic mass is 16.6. The number of aromatic nitrogens is 3. The Labute approximate surface area is 331 Å². The standard InChI is InChI=1S/C45H59N3O8/c1-7-9-11-13-15-17-25-53-44(51)32(5)55-34-21-24-36(39(50)29-34)42-46-41(35-22-19-30(3)27-38(35)49)47-43(48-42)37-23-20-31(4)28-40(37)56-33(6)45(52)54-26-18-16-14-12-10-8-2/h19-24,27-29,32-33,49-50H,7-18,25-26H2,1-6H3. The van der Waals surface area contributed by atoms with Gasteiger partial charge in [0.15, 0.2) is 29.7 Å². The summed E-state index contributed by atoms with van der Waals surface area (Å²) in [5.74, 6) is -0.116. The Balaban J connectivity index is 1.57. The molecule has 56 heavy (non-hydrogen) atoms. The maximum atomic E-state index is 12.9. The van der Waals surface area contributed by atoms with Crippen molar-refractivity contribution in [3.8, 4) is 57.2 Å². The highest BCUT2D eigenvalue weighted by molar-refractivity contribution is 5.77. The van der Waals surface area contributed by atoms with Gasteiger partial charge in [-0.3, -0.25) is 0 Å². The second-order valence-corrected chi connectivity index (χ2v) is 14.4. The van der Waals surface area contributed by atoms with Gasteiger partial charge in [-0.05, 0) is 88.1 Å². The van der Waals surface area contributed by atoms with Gasteiger partial charge in [0.2, 0.25) is 0 Å². The summed E-state index contributed by atoms with van der Waals surface area (Å²) in [4.78, 5) is 39.7. The minimum Gasteiger partial charge on any atom is -0.507 e. The van der Waals surface area contributed by atoms with Crippen LogP contribution < -0.4 is 9.47 Å². The number of unbranched alkanes of at least 4 members (excludes halogenated alkanes) is 10. The molecule has 2 N–H and O–H groups in total. The fraction of sp³-hybridized carbons (Fsp3) is 0.489. The molecule has 0 amide bonds. The molecule has 0 fully saturated rings. The van der Waals surface area contributed by atoms with Crippen molar-refractivity contribution in [1.29, 1.82) is 0 Å². The SMILES string of the molecule is CCCCCCCCOC(=O)C(C)Oc1ccc(-c2nc(-c3ccc(C)cc3O)nc(-c3ccc(C)cc3OC(C)C(=O)OCCCCCCCC)n2)c(O)c1. The van der Waals surface area contributed by atoms with Crippen LogP contribution in [0.5, 0.6) is 23.0 Å². The Morgan fingerprint density at radius 2 is 0.982 bits per heavy atom. The molecule has 302 valence electrons. The average molecular weight is 770 g/mol. The van der Waals surface area contributed by atoms with Gasteiger partial charge in [-0.25, -0.2) is 24.5 Å². The molecule has 4 aromatic rings. The van der Waals surface area contributed by atoms with E-state index in [1.54, 1.807) is 50.2 Å². The average Bonchev–Trinajstić information content (AvgIpc) is 3.17. The van der Waals surface area contributed by atoms with Gasteiger partial charge in [-0.2, -0.15) is 0 Å². The largest absolute Gasteiger partial charge is 0.507 e. The Bertz CT molecular complexity index is 1880. The number of phenols is 2. The van der Waals surface area contributed by atoms with Crippen molar-refractivity contribution in [2.45, 2.75) is 131 Å². The van der Waals surface area contributed by atoms with Crippen LogP contribution in [0.2, 0.25) is 0 Å². The van der Waals surface area contributed by atoms with Crippen LogP contribution in [-0.2, 0) is 19.1 Å². The van der Waals surface area contributed by atoms with Crippen LogP contribution in [0.3, 0.4) is 0 Å². The molecule has 2 atom stereocenters. The number of carbonyl (C=O) groups excluding carboxylic acids is 2. The minimum absolute atomic E-state index is 0.0273. The Hall–Kier alpha value is -5.19. The van der Waals surface area contributed by atoms with Crippen molar-refractivity contribution in [1.82, 2.24) is 15.0 Å². The Morgan fingerprint density at radius 3 is 1.50 bits per heavy atom. The number of aromatic hydroxyl groups is 2. The fourth-order valence-corrected chi connectivity index (χ4v) is 6.09. The number of hydrogen-bond donors (Lipinski definition) is 2. The van der Waals surface area contributed by atoms with E-state index in [2.05, 4.69) is 18.8 Å². The molecule has 0 aliphatic heterocycles. The number of carbonyl (C=O) groups is 2. The van der Waals surface area contributed by atoms with Crippen molar-refractivity contribution in [3.05, 3.63) is 65.7 Å². The number of phenolic OH excluding ortho intramolecular Hbond substituents is 2. The quantitative estimate of drug-likeness (QED) is 0.0548. The lowest BCUT2D eigenvalue weighted by Crippen LogP contribution is -2.26. The van der Waals surface area contributed by atoms with Crippen molar-refractivity contribution in [2.24, 2.45) is 0 Å². The molecule has 0 aliphatic carbocycles. The zero-order chi connectivity index (χ0) is 40.5. The van der Waals surface area contributed by atoms with Crippen molar-refractivity contribution in [3.63, 3.8) is 0 Å². The maximum Gasteiger partial charge on any atom is 0.347 e. The third-order valence-electron chi connectivity index (χ3n) is 9.38. The third kappa shape index (κ3) is 13.2. The van der Waals surface area contributed by atoms with Crippen molar-refractivity contribution < 1.29 is 38.7 Å². The highest BCUT2D eigenvalue weighted by Crippen LogP contribution is 2.37. The summed E-state index contributed by atoms with van der Waals surface area (Å²) in [6, 6.07) is 15.2. The zero-order valence-electron chi connectivity index (χ0n) is 33.9. The van der Waals surface area contributed by atoms with Crippen LogP contribution in [0.1, 0.15) is 116 Å². The number of benzene rings is 3. The first-order valence-electron chi connectivity index (χ1n) is 20.2. The van der Waals surface area contributed by atoms with Crippen LogP contribution in [-0.4, -0.2) is 62.5 Å². The Morgan fingerprint density at radius 1 is 0.554 bits per heavy atom. The Kier molecular flexibility index (Phi) is 17.4. The van der Waals surface area contributed by atoms with E-state index in [1.807, 2.05) is 26.0 Å². The second kappa shape index (κ2) is 22.4. The summed E-state index contributed by atoms with van der Waals surface area (Å²) in [7, 11) is 0. The van der Waals surface area contributed by atoms with Gasteiger partial charge < -0.3 is 29.2 Å². The maximum absolute atomic E-state index is 12.9. The molecular formula is C45H59N3O8. The number of hydrogen-bond acceptors (Lipinski definition) is 11. The van der Waals surface area contributed by atoms with E-state index < -0.39 is 24.1 Å². The first kappa shape index (κ1) is 43.5. The number of esters is 2. The molecule has 1 aromatic heterocycles. The number of nitrogens with zero attached hydrogens (tertiary/aromatic N) is 3. The molecule has 11 nitrogen and oxygen atoms in total. The van der Waals surface area contributed by atoms with Crippen LogP contribution >= 0.6 is 0 Å². The van der Waals surface area contributed by atoms with E-state index in [0.717, 1.165) is 49.7 Å². The van der Waals surface area contributed by atoms with Gasteiger partial charge >= 0.3 is 11.9 Å². The highest BCUT2D eigenvalue weighted by Gasteiger charge is 2.23. The normalized spacial score (nSPS) is 12.2. The molecule has 0 radical (unpaired) electrons. The predicted molar refractivity (Wildman–Crippen MR) is 218 cm³/mol. The van der Waals surface area contributed by atoms with E-state index in [4.69, 9.17) is 28.9 Å². The molecular weight excluding hydrogens is 711 g/mol. The van der Waals surface area contributed by atoms with E-state index in [9.17, 15) is 19.8 Å². The van der Waals surface area contributed by atoms with Crippen LogP contribution in [0.25, 0.3) is 34.2 Å². The fourth-order valence-electron chi connectivity index (χ4n) is 6.09. The second-order valence-electron chi connectivity index (χ2n) is 14.4. The monoisotopic (exact) mass is 769 g/mol. The van der Waals surface area contributed by atoms with Crippen LogP contribution in [0, 0.1) is 13.8 Å². The number of rotatable bonds is 23. The summed E-state index contributed by atoms with van der Waals surface area (Å²) < 4.78 is 23.0. The lowest BCUT2D eigenvalue weighted by molar-refractivity contribution is -0.152. The van der Waals surface area contributed by atoms with Crippen molar-refractivity contribution in [2.75, 3.05) is 13.2 Å². The van der Waals surface area contributed by atoms with Gasteiger partial charge in [0.25, 0.3) is 0 Å². The number of aryl methyl sites for hydroxylation is 2. The smallest absolute Gasteiger partial charge is 0.347 e. The molecule has 0 saturated carbocycles. The lowest BCUT2D eigenvalue weighted by Gasteiger charge is -2.18. The van der Waals surface area contributed by atoms with Gasteiger partial charge in [0, 0.05) is 6.07 Å². The van der Waals surface area contributed by atoms with Gasteiger partial charge in [-0.1, -0.05) is 90.2 Å². The minimum atomic E-state index is -0.913. The zero-order valence-corrected chi connectivity index (χ0v) is 33.9. The molecule has 1 heterocycles. The molecule has 0 bridgehead atoms. The summed E-state index contributed by atoms with van der Waals surface area (Å²) in [6.45, 7) is 12.0. The molecule has 11 heteroatoms. The molecule has 2 unspecified atom stereocenters. The lowest BCUT2D eigenvalue weighted by atomic mass is 10.1. The third-order valence-corrected chi connectivity index (χ3v) is 9.38. The molecule has 0 aliphatic rings. The molecule has 3 aromatic carbocycles. The molecule has 4 rings (SSSR count). The van der Waals surface area contributed by atoms with E-state index in [-0.39, 0.29) is 40.3 Å². The molecule has 0 saturated heterocycles. The van der Waals surface area contributed by atoms with E-state index in [0.29, 0.717) is 30.1 Å². The summed E-state index contributed by atoms with van der Waals surface area (Å²) in [6.07, 6.45) is 11.2. The van der Waals surface area contributed by atoms with Crippen LogP contribution in [0.4, 0.5) is 0 Å². The summed E-state index contributed by atoms with van der Waals surface area (Å²) >= 11 is 0. The van der Waals surface area contributed by atoms with Gasteiger partial charge in [0.05, 0.1) is 29.9 Å².